The Morgan fingerprint density at radius 2 is 2.21 bits per heavy atom. The fraction of sp³-hybridized carbons (Fsp3) is 0.692. The third-order valence-electron chi connectivity index (χ3n) is 4.05. The molecule has 0 spiro atoms. The molecule has 0 aliphatic heterocycles. The molecule has 1 aromatic rings. The minimum absolute atomic E-state index is 0.00229. The number of aromatic nitrogens is 1. The van der Waals surface area contributed by atoms with Crippen molar-refractivity contribution in [3.8, 4) is 0 Å². The van der Waals surface area contributed by atoms with Crippen LogP contribution in [0.25, 0.3) is 0 Å². The van der Waals surface area contributed by atoms with Crippen molar-refractivity contribution in [3.63, 3.8) is 0 Å². The first-order chi connectivity index (χ1) is 8.85. The number of hydrogen-bond acceptors (Lipinski definition) is 3. The summed E-state index contributed by atoms with van der Waals surface area (Å²) in [4.78, 5) is 3.15. The molecule has 6 heteroatoms. The highest BCUT2D eigenvalue weighted by molar-refractivity contribution is 7.89. The maximum atomic E-state index is 12.3. The molecular weight excluding hydrogens is 262 g/mol. The largest absolute Gasteiger partial charge is 0.363 e. The first-order valence-corrected chi connectivity index (χ1v) is 8.23. The van der Waals surface area contributed by atoms with Crippen LogP contribution in [0.15, 0.2) is 17.2 Å². The van der Waals surface area contributed by atoms with Crippen LogP contribution in [-0.2, 0) is 16.6 Å². The first-order valence-electron chi connectivity index (χ1n) is 6.75. The van der Waals surface area contributed by atoms with Crippen molar-refractivity contribution < 1.29 is 8.42 Å². The lowest BCUT2D eigenvalue weighted by Crippen LogP contribution is -2.46. The van der Waals surface area contributed by atoms with Gasteiger partial charge in [0.05, 0.1) is 4.90 Å². The number of H-pyrrole nitrogens is 1. The summed E-state index contributed by atoms with van der Waals surface area (Å²) in [6.07, 6.45) is 5.71. The molecule has 0 amide bonds. The topological polar surface area (TPSA) is 88.0 Å². The Hall–Kier alpha value is -0.850. The molecule has 1 aromatic heterocycles. The molecule has 4 N–H and O–H groups in total. The average Bonchev–Trinajstić information content (AvgIpc) is 2.81. The van der Waals surface area contributed by atoms with Crippen molar-refractivity contribution in [3.05, 3.63) is 18.0 Å². The second-order valence-electron chi connectivity index (χ2n) is 5.97. The molecule has 0 saturated heterocycles. The molecule has 19 heavy (non-hydrogen) atoms. The summed E-state index contributed by atoms with van der Waals surface area (Å²) < 4.78 is 27.5. The van der Waals surface area contributed by atoms with E-state index < -0.39 is 10.0 Å². The van der Waals surface area contributed by atoms with Gasteiger partial charge in [0, 0.05) is 24.5 Å². The van der Waals surface area contributed by atoms with Crippen molar-refractivity contribution in [1.82, 2.24) is 9.71 Å². The van der Waals surface area contributed by atoms with Gasteiger partial charge in [-0.1, -0.05) is 26.7 Å². The monoisotopic (exact) mass is 285 g/mol. The third kappa shape index (κ3) is 3.19. The molecule has 1 aliphatic carbocycles. The predicted octanol–water partition coefficient (Wildman–Crippen LogP) is 1.72. The predicted molar refractivity (Wildman–Crippen MR) is 75.0 cm³/mol. The van der Waals surface area contributed by atoms with E-state index in [2.05, 4.69) is 23.6 Å². The van der Waals surface area contributed by atoms with Gasteiger partial charge in [0.2, 0.25) is 10.0 Å². The lowest BCUT2D eigenvalue weighted by atomic mass is 9.74. The summed E-state index contributed by atoms with van der Waals surface area (Å²) in [6.45, 7) is 4.56. The zero-order chi connectivity index (χ0) is 14.1. The van der Waals surface area contributed by atoms with E-state index in [4.69, 9.17) is 5.73 Å². The molecular formula is C13H23N3O2S. The van der Waals surface area contributed by atoms with Gasteiger partial charge < -0.3 is 10.7 Å². The highest BCUT2D eigenvalue weighted by atomic mass is 32.2. The minimum atomic E-state index is -3.46. The van der Waals surface area contributed by atoms with Crippen LogP contribution in [0.5, 0.6) is 0 Å². The maximum absolute atomic E-state index is 12.3. The van der Waals surface area contributed by atoms with Gasteiger partial charge in [0.1, 0.15) is 0 Å². The number of hydrogen-bond donors (Lipinski definition) is 3. The van der Waals surface area contributed by atoms with Gasteiger partial charge >= 0.3 is 0 Å². The minimum Gasteiger partial charge on any atom is -0.363 e. The van der Waals surface area contributed by atoms with Crippen molar-refractivity contribution >= 4 is 10.0 Å². The van der Waals surface area contributed by atoms with Gasteiger partial charge in [-0.3, -0.25) is 0 Å². The number of aromatic amines is 1. The van der Waals surface area contributed by atoms with E-state index in [-0.39, 0.29) is 16.4 Å². The lowest BCUT2D eigenvalue weighted by Gasteiger charge is -2.38. The van der Waals surface area contributed by atoms with Crippen LogP contribution in [0.2, 0.25) is 0 Å². The number of nitrogens with two attached hydrogens (primary N) is 1. The fourth-order valence-electron chi connectivity index (χ4n) is 2.66. The van der Waals surface area contributed by atoms with Crippen molar-refractivity contribution in [2.45, 2.75) is 57.0 Å². The summed E-state index contributed by atoms with van der Waals surface area (Å²) in [5.41, 5.74) is 6.22. The molecule has 5 nitrogen and oxygen atoms in total. The zero-order valence-electron chi connectivity index (χ0n) is 11.6. The van der Waals surface area contributed by atoms with Crippen LogP contribution >= 0.6 is 0 Å². The molecule has 1 atom stereocenters. The number of sulfonamides is 1. The third-order valence-corrected chi connectivity index (χ3v) is 5.50. The molecule has 0 aromatic carbocycles. The fourth-order valence-corrected chi connectivity index (χ4v) is 4.12. The SMILES string of the molecule is CC1(C)CCCCC1NS(=O)(=O)c1c[nH]c(CN)c1. The molecule has 1 unspecified atom stereocenters. The standard InChI is InChI=1S/C13H23N3O2S/c1-13(2)6-4-3-5-12(13)16-19(17,18)11-7-10(8-14)15-9-11/h7,9,12,15-16H,3-6,8,14H2,1-2H3. The Kier molecular flexibility index (Phi) is 4.03. The van der Waals surface area contributed by atoms with Crippen LogP contribution < -0.4 is 10.5 Å². The second-order valence-corrected chi connectivity index (χ2v) is 7.69. The van der Waals surface area contributed by atoms with Crippen LogP contribution in [0.1, 0.15) is 45.2 Å². The average molecular weight is 285 g/mol. The Morgan fingerprint density at radius 1 is 1.47 bits per heavy atom. The van der Waals surface area contributed by atoms with Gasteiger partial charge in [-0.05, 0) is 24.3 Å². The number of rotatable bonds is 4. The van der Waals surface area contributed by atoms with Gasteiger partial charge in [-0.15, -0.1) is 0 Å². The van der Waals surface area contributed by atoms with Gasteiger partial charge in [-0.25, -0.2) is 13.1 Å². The summed E-state index contributed by atoms with van der Waals surface area (Å²) in [5, 5.41) is 0. The van der Waals surface area contributed by atoms with Gasteiger partial charge in [0.15, 0.2) is 0 Å². The van der Waals surface area contributed by atoms with Crippen molar-refractivity contribution in [2.75, 3.05) is 0 Å². The smallest absolute Gasteiger partial charge is 0.242 e. The lowest BCUT2D eigenvalue weighted by molar-refractivity contribution is 0.188. The van der Waals surface area contributed by atoms with Crippen molar-refractivity contribution in [1.29, 1.82) is 0 Å². The Balaban J connectivity index is 2.16. The Labute approximate surface area is 115 Å². The van der Waals surface area contributed by atoms with Crippen LogP contribution in [-0.4, -0.2) is 19.4 Å². The molecule has 1 heterocycles. The van der Waals surface area contributed by atoms with Gasteiger partial charge in [-0.2, -0.15) is 0 Å². The van der Waals surface area contributed by atoms with Crippen LogP contribution in [0.3, 0.4) is 0 Å². The number of nitrogens with one attached hydrogen (secondary N) is 2. The van der Waals surface area contributed by atoms with E-state index in [0.717, 1.165) is 25.0 Å². The molecule has 1 saturated carbocycles. The van der Waals surface area contributed by atoms with Crippen molar-refractivity contribution in [2.24, 2.45) is 11.1 Å². The summed E-state index contributed by atoms with van der Waals surface area (Å²) in [7, 11) is -3.46. The highest BCUT2D eigenvalue weighted by Gasteiger charge is 2.35. The second kappa shape index (κ2) is 5.26. The van der Waals surface area contributed by atoms with E-state index in [1.807, 2.05) is 0 Å². The molecule has 1 aliphatic rings. The maximum Gasteiger partial charge on any atom is 0.242 e. The summed E-state index contributed by atoms with van der Waals surface area (Å²) in [5.74, 6) is 0. The Morgan fingerprint density at radius 3 is 2.79 bits per heavy atom. The quantitative estimate of drug-likeness (QED) is 0.787. The van der Waals surface area contributed by atoms with Gasteiger partial charge in [0.25, 0.3) is 0 Å². The molecule has 0 radical (unpaired) electrons. The van der Waals surface area contributed by atoms with Crippen LogP contribution in [0, 0.1) is 5.41 Å². The zero-order valence-corrected chi connectivity index (χ0v) is 12.4. The Bertz CT molecular complexity index is 534. The van der Waals surface area contributed by atoms with E-state index in [1.165, 1.54) is 12.6 Å². The molecule has 2 rings (SSSR count). The van der Waals surface area contributed by atoms with E-state index in [0.29, 0.717) is 6.54 Å². The van der Waals surface area contributed by atoms with E-state index >= 15 is 0 Å². The summed E-state index contributed by atoms with van der Waals surface area (Å²) >= 11 is 0. The van der Waals surface area contributed by atoms with E-state index in [1.54, 1.807) is 6.07 Å². The molecule has 0 bridgehead atoms. The first kappa shape index (κ1) is 14.6. The highest BCUT2D eigenvalue weighted by Crippen LogP contribution is 2.36. The summed E-state index contributed by atoms with van der Waals surface area (Å²) in [6, 6.07) is 1.60. The molecule has 1 fully saturated rings. The molecule has 108 valence electrons. The van der Waals surface area contributed by atoms with E-state index in [9.17, 15) is 8.42 Å². The van der Waals surface area contributed by atoms with Crippen LogP contribution in [0.4, 0.5) is 0 Å². The normalized spacial score (nSPS) is 23.4.